The molecule has 0 saturated carbocycles. The van der Waals surface area contributed by atoms with Crippen molar-refractivity contribution in [2.75, 3.05) is 6.61 Å². The maximum atomic E-state index is 12.0. The quantitative estimate of drug-likeness (QED) is 0.638. The lowest BCUT2D eigenvalue weighted by Crippen LogP contribution is -2.16. The number of Topliss-reactive ketones (excluding diaryl/α,β-unsaturated/α-hetero) is 1. The van der Waals surface area contributed by atoms with Gasteiger partial charge in [-0.25, -0.2) is 9.59 Å². The van der Waals surface area contributed by atoms with E-state index in [1.807, 2.05) is 0 Å². The Balaban J connectivity index is 2.74. The first-order chi connectivity index (χ1) is 10.0. The number of hydrogen-bond donors (Lipinski definition) is 0. The van der Waals surface area contributed by atoms with Crippen LogP contribution >= 0.6 is 0 Å². The molecule has 0 aliphatic carbocycles. The lowest BCUT2D eigenvalue weighted by Gasteiger charge is -2.10. The van der Waals surface area contributed by atoms with Gasteiger partial charge in [0.15, 0.2) is 5.78 Å². The molecule has 2 aromatic rings. The van der Waals surface area contributed by atoms with Crippen molar-refractivity contribution in [3.05, 3.63) is 57.9 Å². The van der Waals surface area contributed by atoms with E-state index in [1.54, 1.807) is 37.3 Å². The molecule has 5 nitrogen and oxygen atoms in total. The largest absolute Gasteiger partial charge is 0.462 e. The van der Waals surface area contributed by atoms with Gasteiger partial charge in [-0.1, -0.05) is 30.3 Å². The van der Waals surface area contributed by atoms with Gasteiger partial charge >= 0.3 is 11.6 Å². The number of ether oxygens (including phenoxy) is 1. The van der Waals surface area contributed by atoms with E-state index in [0.717, 1.165) is 6.07 Å². The summed E-state index contributed by atoms with van der Waals surface area (Å²) in [5, 5.41) is 0. The molecule has 0 N–H and O–H groups in total. The molecular formula is C16H14O5. The van der Waals surface area contributed by atoms with Crippen LogP contribution in [0.2, 0.25) is 0 Å². The summed E-state index contributed by atoms with van der Waals surface area (Å²) in [4.78, 5) is 35.5. The van der Waals surface area contributed by atoms with E-state index in [0.29, 0.717) is 5.56 Å². The minimum absolute atomic E-state index is 0.0549. The van der Waals surface area contributed by atoms with Crippen molar-refractivity contribution in [2.24, 2.45) is 0 Å². The first kappa shape index (κ1) is 14.7. The second kappa shape index (κ2) is 6.17. The minimum atomic E-state index is -0.715. The van der Waals surface area contributed by atoms with Gasteiger partial charge in [0.2, 0.25) is 0 Å². The van der Waals surface area contributed by atoms with Crippen LogP contribution in [0.4, 0.5) is 0 Å². The van der Waals surface area contributed by atoms with E-state index >= 15 is 0 Å². The van der Waals surface area contributed by atoms with Gasteiger partial charge in [0, 0.05) is 11.6 Å². The third-order valence-corrected chi connectivity index (χ3v) is 2.84. The molecule has 1 aromatic carbocycles. The number of hydrogen-bond acceptors (Lipinski definition) is 5. The summed E-state index contributed by atoms with van der Waals surface area (Å²) in [7, 11) is 0. The second-order valence-electron chi connectivity index (χ2n) is 4.33. The lowest BCUT2D eigenvalue weighted by molar-refractivity contribution is 0.0522. The molecule has 0 aliphatic heterocycles. The van der Waals surface area contributed by atoms with Crippen LogP contribution in [-0.2, 0) is 4.74 Å². The summed E-state index contributed by atoms with van der Waals surface area (Å²) < 4.78 is 10.0. The number of ketones is 1. The Bertz CT molecular complexity index is 728. The fourth-order valence-corrected chi connectivity index (χ4v) is 2.01. The Kier molecular flexibility index (Phi) is 4.33. The summed E-state index contributed by atoms with van der Waals surface area (Å²) in [5.41, 5.74) is -0.174. The lowest BCUT2D eigenvalue weighted by atomic mass is 9.99. The number of benzene rings is 1. The average Bonchev–Trinajstić information content (AvgIpc) is 2.47. The van der Waals surface area contributed by atoms with Crippen molar-refractivity contribution < 1.29 is 18.7 Å². The Morgan fingerprint density at radius 1 is 1.19 bits per heavy atom. The molecule has 108 valence electrons. The predicted molar refractivity (Wildman–Crippen MR) is 76.4 cm³/mol. The smallest absolute Gasteiger partial charge is 0.339 e. The minimum Gasteiger partial charge on any atom is -0.462 e. The van der Waals surface area contributed by atoms with E-state index in [9.17, 15) is 14.4 Å². The predicted octanol–water partition coefficient (Wildman–Crippen LogP) is 2.69. The molecule has 0 unspecified atom stereocenters. The molecule has 0 fully saturated rings. The molecule has 0 radical (unpaired) electrons. The first-order valence-electron chi connectivity index (χ1n) is 6.46. The van der Waals surface area contributed by atoms with Gasteiger partial charge < -0.3 is 9.15 Å². The second-order valence-corrected chi connectivity index (χ2v) is 4.33. The highest BCUT2D eigenvalue weighted by molar-refractivity contribution is 6.08. The van der Waals surface area contributed by atoms with Crippen LogP contribution < -0.4 is 5.63 Å². The van der Waals surface area contributed by atoms with Crippen LogP contribution in [0.3, 0.4) is 0 Å². The van der Waals surface area contributed by atoms with E-state index in [4.69, 9.17) is 9.15 Å². The van der Waals surface area contributed by atoms with E-state index in [-0.39, 0.29) is 29.3 Å². The Morgan fingerprint density at radius 3 is 2.43 bits per heavy atom. The van der Waals surface area contributed by atoms with Gasteiger partial charge in [0.05, 0.1) is 17.7 Å². The van der Waals surface area contributed by atoms with Crippen LogP contribution in [0.15, 0.2) is 45.6 Å². The first-order valence-corrected chi connectivity index (χ1v) is 6.46. The summed E-state index contributed by atoms with van der Waals surface area (Å²) in [6.07, 6.45) is 0. The van der Waals surface area contributed by atoms with E-state index in [1.165, 1.54) is 6.92 Å². The standard InChI is InChI=1S/C16H14O5/c1-3-20-16(19)12-9-13(18)21-15(14(12)10(2)17)11-7-5-4-6-8-11/h4-9H,3H2,1-2H3. The molecule has 1 aromatic heterocycles. The highest BCUT2D eigenvalue weighted by atomic mass is 16.5. The van der Waals surface area contributed by atoms with Crippen molar-refractivity contribution in [3.63, 3.8) is 0 Å². The summed E-state index contributed by atoms with van der Waals surface area (Å²) >= 11 is 0. The van der Waals surface area contributed by atoms with Gasteiger partial charge in [-0.2, -0.15) is 0 Å². The van der Waals surface area contributed by atoms with Crippen molar-refractivity contribution in [2.45, 2.75) is 13.8 Å². The average molecular weight is 286 g/mol. The zero-order valence-electron chi connectivity index (χ0n) is 11.7. The van der Waals surface area contributed by atoms with Gasteiger partial charge in [0.25, 0.3) is 0 Å². The van der Waals surface area contributed by atoms with Crippen molar-refractivity contribution in [3.8, 4) is 11.3 Å². The van der Waals surface area contributed by atoms with E-state index < -0.39 is 11.6 Å². The Hall–Kier alpha value is -2.69. The maximum absolute atomic E-state index is 12.0. The fourth-order valence-electron chi connectivity index (χ4n) is 2.01. The summed E-state index contributed by atoms with van der Waals surface area (Å²) in [5.74, 6) is -1.01. The van der Waals surface area contributed by atoms with Gasteiger partial charge in [-0.3, -0.25) is 4.79 Å². The molecule has 1 heterocycles. The third kappa shape index (κ3) is 3.08. The number of rotatable bonds is 4. The van der Waals surface area contributed by atoms with Gasteiger partial charge in [-0.15, -0.1) is 0 Å². The highest BCUT2D eigenvalue weighted by Gasteiger charge is 2.23. The Labute approximate surface area is 121 Å². The molecule has 5 heteroatoms. The number of carbonyl (C=O) groups is 2. The molecule has 0 spiro atoms. The summed E-state index contributed by atoms with van der Waals surface area (Å²) in [6, 6.07) is 9.66. The number of carbonyl (C=O) groups excluding carboxylic acids is 2. The van der Waals surface area contributed by atoms with Crippen LogP contribution in [0.5, 0.6) is 0 Å². The molecule has 0 atom stereocenters. The fraction of sp³-hybridized carbons (Fsp3) is 0.188. The molecule has 0 bridgehead atoms. The van der Waals surface area contributed by atoms with Crippen LogP contribution in [-0.4, -0.2) is 18.4 Å². The SMILES string of the molecule is CCOC(=O)c1cc(=O)oc(-c2ccccc2)c1C(C)=O. The molecule has 21 heavy (non-hydrogen) atoms. The van der Waals surface area contributed by atoms with Crippen molar-refractivity contribution in [1.82, 2.24) is 0 Å². The highest BCUT2D eigenvalue weighted by Crippen LogP contribution is 2.25. The molecule has 2 rings (SSSR count). The van der Waals surface area contributed by atoms with E-state index in [2.05, 4.69) is 0 Å². The maximum Gasteiger partial charge on any atom is 0.339 e. The van der Waals surface area contributed by atoms with Crippen molar-refractivity contribution in [1.29, 1.82) is 0 Å². The summed E-state index contributed by atoms with van der Waals surface area (Å²) in [6.45, 7) is 3.11. The van der Waals surface area contributed by atoms with Crippen LogP contribution in [0, 0.1) is 0 Å². The zero-order chi connectivity index (χ0) is 15.4. The van der Waals surface area contributed by atoms with Crippen LogP contribution in [0.1, 0.15) is 34.6 Å². The van der Waals surface area contributed by atoms with Gasteiger partial charge in [-0.05, 0) is 13.8 Å². The topological polar surface area (TPSA) is 73.6 Å². The van der Waals surface area contributed by atoms with Crippen molar-refractivity contribution >= 4 is 11.8 Å². The Morgan fingerprint density at radius 2 is 1.86 bits per heavy atom. The normalized spacial score (nSPS) is 10.2. The third-order valence-electron chi connectivity index (χ3n) is 2.84. The van der Waals surface area contributed by atoms with Gasteiger partial charge in [0.1, 0.15) is 5.76 Å². The molecular weight excluding hydrogens is 272 g/mol. The zero-order valence-corrected chi connectivity index (χ0v) is 11.7. The molecule has 0 aliphatic rings. The molecule has 0 saturated heterocycles. The number of esters is 1. The molecule has 0 amide bonds. The van der Waals surface area contributed by atoms with Crippen LogP contribution in [0.25, 0.3) is 11.3 Å². The monoisotopic (exact) mass is 286 g/mol.